The molecule has 0 unspecified atom stereocenters. The van der Waals surface area contributed by atoms with E-state index in [1.165, 1.54) is 0 Å². The van der Waals surface area contributed by atoms with Gasteiger partial charge in [-0.05, 0) is 30.3 Å². The Balaban J connectivity index is 1.77. The molecule has 0 atom stereocenters. The first-order valence-corrected chi connectivity index (χ1v) is 9.23. The summed E-state index contributed by atoms with van der Waals surface area (Å²) < 4.78 is 0. The predicted octanol–water partition coefficient (Wildman–Crippen LogP) is 5.53. The van der Waals surface area contributed by atoms with Crippen LogP contribution in [-0.4, -0.2) is 17.0 Å². The molecule has 0 spiro atoms. The van der Waals surface area contributed by atoms with Crippen molar-refractivity contribution in [3.63, 3.8) is 0 Å². The first-order chi connectivity index (χ1) is 14.2. The number of anilines is 4. The quantitative estimate of drug-likeness (QED) is 0.496. The van der Waals surface area contributed by atoms with Crippen LogP contribution in [0.4, 0.5) is 23.1 Å². The van der Waals surface area contributed by atoms with E-state index in [4.69, 9.17) is 15.2 Å². The van der Waals surface area contributed by atoms with Crippen molar-refractivity contribution >= 4 is 23.1 Å². The summed E-state index contributed by atoms with van der Waals surface area (Å²) in [7, 11) is 1.94. The van der Waals surface area contributed by atoms with Crippen molar-refractivity contribution in [1.82, 2.24) is 9.97 Å². The lowest BCUT2D eigenvalue weighted by atomic mass is 10.1. The van der Waals surface area contributed by atoms with Crippen LogP contribution >= 0.6 is 0 Å². The van der Waals surface area contributed by atoms with Crippen molar-refractivity contribution < 1.29 is 0 Å². The molecule has 0 saturated carbocycles. The largest absolute Gasteiger partial charge is 0.340 e. The van der Waals surface area contributed by atoms with Gasteiger partial charge in [-0.3, -0.25) is 0 Å². The van der Waals surface area contributed by atoms with Crippen molar-refractivity contribution in [3.8, 4) is 17.3 Å². The molecule has 4 aromatic rings. The number of aromatic nitrogens is 2. The Morgan fingerprint density at radius 2 is 1.55 bits per heavy atom. The third-order valence-electron chi connectivity index (χ3n) is 4.49. The highest BCUT2D eigenvalue weighted by Crippen LogP contribution is 2.27. The van der Waals surface area contributed by atoms with Gasteiger partial charge in [-0.2, -0.15) is 10.2 Å². The van der Waals surface area contributed by atoms with E-state index in [-0.39, 0.29) is 0 Å². The SMILES string of the molecule is CN(c1ccccc1)c1nc(Nc2cccc(C#N)c2)cc(-c2ccccc2)n1. The molecule has 4 rings (SSSR count). The zero-order valence-corrected chi connectivity index (χ0v) is 15.9. The molecular formula is C24H19N5. The number of hydrogen-bond acceptors (Lipinski definition) is 5. The van der Waals surface area contributed by atoms with Gasteiger partial charge in [0.15, 0.2) is 0 Å². The van der Waals surface area contributed by atoms with Gasteiger partial charge >= 0.3 is 0 Å². The van der Waals surface area contributed by atoms with Crippen molar-refractivity contribution in [3.05, 3.63) is 96.6 Å². The lowest BCUT2D eigenvalue weighted by Gasteiger charge is -2.19. The summed E-state index contributed by atoms with van der Waals surface area (Å²) in [6.07, 6.45) is 0. The van der Waals surface area contributed by atoms with Crippen LogP contribution in [0.2, 0.25) is 0 Å². The third-order valence-corrected chi connectivity index (χ3v) is 4.49. The molecule has 0 bridgehead atoms. The summed E-state index contributed by atoms with van der Waals surface area (Å²) in [6.45, 7) is 0. The highest BCUT2D eigenvalue weighted by atomic mass is 15.3. The van der Waals surface area contributed by atoms with Crippen LogP contribution in [0.15, 0.2) is 91.0 Å². The van der Waals surface area contributed by atoms with Crippen LogP contribution in [-0.2, 0) is 0 Å². The van der Waals surface area contributed by atoms with Crippen LogP contribution in [0, 0.1) is 11.3 Å². The number of rotatable bonds is 5. The molecule has 0 amide bonds. The van der Waals surface area contributed by atoms with Gasteiger partial charge in [-0.15, -0.1) is 0 Å². The molecule has 0 aliphatic rings. The summed E-state index contributed by atoms with van der Waals surface area (Å²) in [5.74, 6) is 1.24. The van der Waals surface area contributed by atoms with E-state index in [9.17, 15) is 0 Å². The van der Waals surface area contributed by atoms with E-state index < -0.39 is 0 Å². The standard InChI is InChI=1S/C24H19N5/c1-29(21-13-6-3-7-14-21)24-27-22(19-10-4-2-5-11-19)16-23(28-24)26-20-12-8-9-18(15-20)17-25/h2-16H,1H3,(H,26,27,28). The molecule has 29 heavy (non-hydrogen) atoms. The monoisotopic (exact) mass is 377 g/mol. The fraction of sp³-hybridized carbons (Fsp3) is 0.0417. The average Bonchev–Trinajstić information content (AvgIpc) is 2.79. The van der Waals surface area contributed by atoms with Crippen LogP contribution in [0.1, 0.15) is 5.56 Å². The Bertz CT molecular complexity index is 1150. The zero-order chi connectivity index (χ0) is 20.1. The van der Waals surface area contributed by atoms with Gasteiger partial charge in [0.25, 0.3) is 0 Å². The van der Waals surface area contributed by atoms with E-state index in [1.807, 2.05) is 90.8 Å². The molecule has 1 N–H and O–H groups in total. The van der Waals surface area contributed by atoms with Crippen LogP contribution in [0.5, 0.6) is 0 Å². The average molecular weight is 377 g/mol. The number of nitriles is 1. The highest BCUT2D eigenvalue weighted by Gasteiger charge is 2.12. The molecule has 0 aliphatic heterocycles. The van der Waals surface area contributed by atoms with Gasteiger partial charge in [0.2, 0.25) is 5.95 Å². The second kappa shape index (κ2) is 8.24. The molecule has 0 aliphatic carbocycles. The smallest absolute Gasteiger partial charge is 0.232 e. The van der Waals surface area contributed by atoms with Crippen molar-refractivity contribution in [2.24, 2.45) is 0 Å². The minimum atomic E-state index is 0.580. The molecular weight excluding hydrogens is 358 g/mol. The predicted molar refractivity (Wildman–Crippen MR) is 116 cm³/mol. The molecule has 0 radical (unpaired) electrons. The third kappa shape index (κ3) is 4.23. The van der Waals surface area contributed by atoms with Gasteiger partial charge in [0.05, 0.1) is 17.3 Å². The molecule has 140 valence electrons. The van der Waals surface area contributed by atoms with Crippen LogP contribution in [0.25, 0.3) is 11.3 Å². The lowest BCUT2D eigenvalue weighted by Crippen LogP contribution is -2.14. The Morgan fingerprint density at radius 1 is 0.828 bits per heavy atom. The Morgan fingerprint density at radius 3 is 2.28 bits per heavy atom. The van der Waals surface area contributed by atoms with Gasteiger partial charge in [0.1, 0.15) is 5.82 Å². The number of nitrogens with one attached hydrogen (secondary N) is 1. The first kappa shape index (κ1) is 18.2. The van der Waals surface area contributed by atoms with Crippen molar-refractivity contribution in [2.75, 3.05) is 17.3 Å². The number of hydrogen-bond donors (Lipinski definition) is 1. The number of nitrogens with zero attached hydrogens (tertiary/aromatic N) is 4. The zero-order valence-electron chi connectivity index (χ0n) is 15.9. The molecule has 3 aromatic carbocycles. The first-order valence-electron chi connectivity index (χ1n) is 9.23. The Kier molecular flexibility index (Phi) is 5.17. The van der Waals surface area contributed by atoms with Gasteiger partial charge < -0.3 is 10.2 Å². The topological polar surface area (TPSA) is 64.8 Å². The second-order valence-electron chi connectivity index (χ2n) is 6.52. The Hall–Kier alpha value is -4.17. The highest BCUT2D eigenvalue weighted by molar-refractivity contribution is 5.69. The normalized spacial score (nSPS) is 10.2. The fourth-order valence-electron chi connectivity index (χ4n) is 2.99. The summed E-state index contributed by atoms with van der Waals surface area (Å²) in [4.78, 5) is 11.4. The Labute approximate surface area is 169 Å². The molecule has 1 aromatic heterocycles. The van der Waals surface area contributed by atoms with E-state index in [0.29, 0.717) is 17.3 Å². The van der Waals surface area contributed by atoms with Crippen molar-refractivity contribution in [1.29, 1.82) is 5.26 Å². The maximum absolute atomic E-state index is 9.15. The molecule has 1 heterocycles. The molecule has 5 heteroatoms. The molecule has 0 fully saturated rings. The van der Waals surface area contributed by atoms with E-state index >= 15 is 0 Å². The van der Waals surface area contributed by atoms with Crippen LogP contribution < -0.4 is 10.2 Å². The van der Waals surface area contributed by atoms with E-state index in [0.717, 1.165) is 22.6 Å². The van der Waals surface area contributed by atoms with Gasteiger partial charge in [0, 0.05) is 30.1 Å². The summed E-state index contributed by atoms with van der Waals surface area (Å²) >= 11 is 0. The van der Waals surface area contributed by atoms with E-state index in [1.54, 1.807) is 12.1 Å². The summed E-state index contributed by atoms with van der Waals surface area (Å²) in [5, 5.41) is 12.5. The van der Waals surface area contributed by atoms with Gasteiger partial charge in [-0.25, -0.2) is 4.98 Å². The van der Waals surface area contributed by atoms with Crippen molar-refractivity contribution in [2.45, 2.75) is 0 Å². The number of benzene rings is 3. The minimum Gasteiger partial charge on any atom is -0.340 e. The lowest BCUT2D eigenvalue weighted by molar-refractivity contribution is 1.05. The number of para-hydroxylation sites is 1. The molecule has 0 saturated heterocycles. The molecule has 5 nitrogen and oxygen atoms in total. The van der Waals surface area contributed by atoms with E-state index in [2.05, 4.69) is 11.4 Å². The maximum Gasteiger partial charge on any atom is 0.232 e. The fourth-order valence-corrected chi connectivity index (χ4v) is 2.99. The summed E-state index contributed by atoms with van der Waals surface area (Å²) in [6, 6.07) is 31.4. The minimum absolute atomic E-state index is 0.580. The van der Waals surface area contributed by atoms with Gasteiger partial charge in [-0.1, -0.05) is 54.6 Å². The second-order valence-corrected chi connectivity index (χ2v) is 6.52. The maximum atomic E-state index is 9.15. The summed E-state index contributed by atoms with van der Waals surface area (Å²) in [5.41, 5.74) is 4.21. The van der Waals surface area contributed by atoms with Crippen LogP contribution in [0.3, 0.4) is 0 Å².